The van der Waals surface area contributed by atoms with Crippen molar-refractivity contribution in [2.45, 2.75) is 52.5 Å². The molecule has 0 bridgehead atoms. The molecule has 0 spiro atoms. The van der Waals surface area contributed by atoms with Crippen molar-refractivity contribution in [1.29, 1.82) is 0 Å². The molecule has 0 aliphatic heterocycles. The molecule has 16 heavy (non-hydrogen) atoms. The van der Waals surface area contributed by atoms with Gasteiger partial charge in [-0.1, -0.05) is 13.8 Å². The zero-order valence-electron chi connectivity index (χ0n) is 10.9. The van der Waals surface area contributed by atoms with Crippen LogP contribution in [0, 0.1) is 19.8 Å². The summed E-state index contributed by atoms with van der Waals surface area (Å²) >= 11 is 0. The van der Waals surface area contributed by atoms with Crippen molar-refractivity contribution in [3.8, 4) is 0 Å². The maximum Gasteiger partial charge on any atom is 0.0528 e. The van der Waals surface area contributed by atoms with E-state index < -0.39 is 0 Å². The Labute approximate surface area is 98.3 Å². The Hall–Kier alpha value is -0.760. The van der Waals surface area contributed by atoms with Gasteiger partial charge in [-0.15, -0.1) is 0 Å². The predicted molar refractivity (Wildman–Crippen MR) is 66.7 cm³/mol. The van der Waals surface area contributed by atoms with Gasteiger partial charge >= 0.3 is 0 Å². The molecule has 2 nitrogen and oxygen atoms in total. The molecule has 2 rings (SSSR count). The van der Waals surface area contributed by atoms with Gasteiger partial charge in [-0.25, -0.2) is 0 Å². The van der Waals surface area contributed by atoms with Crippen LogP contribution in [0.2, 0.25) is 0 Å². The number of aryl methyl sites for hydroxylation is 1. The first-order chi connectivity index (χ1) is 7.50. The lowest BCUT2D eigenvalue weighted by Crippen LogP contribution is -2.14. The van der Waals surface area contributed by atoms with E-state index in [9.17, 15) is 5.11 Å². The third-order valence-electron chi connectivity index (χ3n) is 3.85. The molecule has 90 valence electrons. The summed E-state index contributed by atoms with van der Waals surface area (Å²) in [6, 6.07) is 2.28. The third kappa shape index (κ3) is 1.80. The molecular formula is C14H23NO. The second-order valence-corrected chi connectivity index (χ2v) is 5.73. The van der Waals surface area contributed by atoms with Crippen LogP contribution < -0.4 is 0 Å². The van der Waals surface area contributed by atoms with Gasteiger partial charge in [0.1, 0.15) is 0 Å². The number of rotatable bonds is 4. The van der Waals surface area contributed by atoms with Crippen molar-refractivity contribution >= 4 is 0 Å². The van der Waals surface area contributed by atoms with Gasteiger partial charge in [-0.3, -0.25) is 0 Å². The molecule has 1 N–H and O–H groups in total. The lowest BCUT2D eigenvalue weighted by Gasteiger charge is -2.15. The fourth-order valence-electron chi connectivity index (χ4n) is 2.65. The van der Waals surface area contributed by atoms with Crippen LogP contribution in [-0.4, -0.2) is 16.3 Å². The van der Waals surface area contributed by atoms with E-state index in [2.05, 4.69) is 38.3 Å². The minimum Gasteiger partial charge on any atom is -0.395 e. The number of aliphatic hydroxyl groups excluding tert-OH is 1. The minimum atomic E-state index is 0.108. The first kappa shape index (κ1) is 11.7. The van der Waals surface area contributed by atoms with Crippen LogP contribution in [0.25, 0.3) is 0 Å². The van der Waals surface area contributed by atoms with Crippen LogP contribution in [0.15, 0.2) is 6.07 Å². The van der Waals surface area contributed by atoms with Crippen LogP contribution in [0.3, 0.4) is 0 Å². The van der Waals surface area contributed by atoms with E-state index >= 15 is 0 Å². The van der Waals surface area contributed by atoms with E-state index in [1.54, 1.807) is 0 Å². The molecule has 1 saturated carbocycles. The Morgan fingerprint density at radius 3 is 2.44 bits per heavy atom. The maximum absolute atomic E-state index is 9.51. The fraction of sp³-hybridized carbons (Fsp3) is 0.714. The average Bonchev–Trinajstić information content (AvgIpc) is 2.97. The number of hydrogen-bond acceptors (Lipinski definition) is 1. The maximum atomic E-state index is 9.51. The van der Waals surface area contributed by atoms with E-state index in [0.29, 0.717) is 12.5 Å². The largest absolute Gasteiger partial charge is 0.395 e. The first-order valence-corrected chi connectivity index (χ1v) is 6.28. The molecule has 0 radical (unpaired) electrons. The summed E-state index contributed by atoms with van der Waals surface area (Å²) < 4.78 is 2.40. The van der Waals surface area contributed by atoms with Gasteiger partial charge in [0.2, 0.25) is 0 Å². The van der Waals surface area contributed by atoms with Crippen molar-refractivity contribution < 1.29 is 5.11 Å². The highest BCUT2D eigenvalue weighted by Gasteiger charge is 2.45. The van der Waals surface area contributed by atoms with Crippen LogP contribution >= 0.6 is 0 Å². The van der Waals surface area contributed by atoms with Crippen molar-refractivity contribution in [2.75, 3.05) is 6.61 Å². The monoisotopic (exact) mass is 221 g/mol. The minimum absolute atomic E-state index is 0.108. The Balaban J connectivity index is 2.35. The standard InChI is InChI=1S/C14H23NO/c1-10(2)8-15-11(3)7-13(12(15)4)14(9-16)5-6-14/h7,10,16H,5-6,8-9H2,1-4H3. The number of aromatic nitrogens is 1. The molecule has 0 unspecified atom stereocenters. The van der Waals surface area contributed by atoms with Gasteiger partial charge < -0.3 is 9.67 Å². The van der Waals surface area contributed by atoms with E-state index in [1.807, 2.05) is 0 Å². The lowest BCUT2D eigenvalue weighted by atomic mass is 9.97. The van der Waals surface area contributed by atoms with Gasteiger partial charge in [0.05, 0.1) is 6.61 Å². The van der Waals surface area contributed by atoms with E-state index in [1.165, 1.54) is 17.0 Å². The number of nitrogens with zero attached hydrogens (tertiary/aromatic N) is 1. The normalized spacial score (nSPS) is 18.1. The second kappa shape index (κ2) is 3.92. The number of aliphatic hydroxyl groups is 1. The molecular weight excluding hydrogens is 198 g/mol. The molecule has 0 amide bonds. The van der Waals surface area contributed by atoms with Crippen LogP contribution in [0.5, 0.6) is 0 Å². The van der Waals surface area contributed by atoms with Crippen molar-refractivity contribution in [3.05, 3.63) is 23.0 Å². The molecule has 1 aromatic heterocycles. The lowest BCUT2D eigenvalue weighted by molar-refractivity contribution is 0.254. The van der Waals surface area contributed by atoms with Crippen molar-refractivity contribution in [2.24, 2.45) is 5.92 Å². The Morgan fingerprint density at radius 1 is 1.38 bits per heavy atom. The SMILES string of the molecule is Cc1cc(C2(CO)CC2)c(C)n1CC(C)C. The zero-order valence-corrected chi connectivity index (χ0v) is 10.9. The summed E-state index contributed by atoms with van der Waals surface area (Å²) in [5, 5.41) is 9.51. The molecule has 1 aromatic rings. The average molecular weight is 221 g/mol. The van der Waals surface area contributed by atoms with E-state index in [0.717, 1.165) is 19.4 Å². The van der Waals surface area contributed by atoms with Gasteiger partial charge in [0.15, 0.2) is 0 Å². The summed E-state index contributed by atoms with van der Waals surface area (Å²) in [5.74, 6) is 0.668. The highest BCUT2D eigenvalue weighted by molar-refractivity contribution is 5.38. The number of hydrogen-bond donors (Lipinski definition) is 1. The smallest absolute Gasteiger partial charge is 0.0528 e. The Morgan fingerprint density at radius 2 is 2.00 bits per heavy atom. The molecule has 1 aliphatic rings. The first-order valence-electron chi connectivity index (χ1n) is 6.28. The second-order valence-electron chi connectivity index (χ2n) is 5.73. The highest BCUT2D eigenvalue weighted by Crippen LogP contribution is 2.49. The topological polar surface area (TPSA) is 25.2 Å². The summed E-state index contributed by atoms with van der Waals surface area (Å²) in [4.78, 5) is 0. The van der Waals surface area contributed by atoms with Crippen molar-refractivity contribution in [3.63, 3.8) is 0 Å². The molecule has 1 fully saturated rings. The van der Waals surface area contributed by atoms with Crippen LogP contribution in [0.4, 0.5) is 0 Å². The van der Waals surface area contributed by atoms with Gasteiger partial charge in [0, 0.05) is 23.3 Å². The van der Waals surface area contributed by atoms with E-state index in [-0.39, 0.29) is 5.41 Å². The zero-order chi connectivity index (χ0) is 11.9. The molecule has 2 heteroatoms. The van der Waals surface area contributed by atoms with Gasteiger partial charge in [-0.05, 0) is 44.2 Å². The van der Waals surface area contributed by atoms with Gasteiger partial charge in [0.25, 0.3) is 0 Å². The summed E-state index contributed by atoms with van der Waals surface area (Å²) in [6.45, 7) is 10.2. The summed E-state index contributed by atoms with van der Waals surface area (Å²) in [6.07, 6.45) is 2.30. The summed E-state index contributed by atoms with van der Waals surface area (Å²) in [7, 11) is 0. The summed E-state index contributed by atoms with van der Waals surface area (Å²) in [5.41, 5.74) is 4.18. The molecule has 0 atom stereocenters. The third-order valence-corrected chi connectivity index (χ3v) is 3.85. The molecule has 0 saturated heterocycles. The van der Waals surface area contributed by atoms with Gasteiger partial charge in [-0.2, -0.15) is 0 Å². The van der Waals surface area contributed by atoms with Crippen LogP contribution in [0.1, 0.15) is 43.6 Å². The van der Waals surface area contributed by atoms with Crippen LogP contribution in [-0.2, 0) is 12.0 Å². The quantitative estimate of drug-likeness (QED) is 0.831. The fourth-order valence-corrected chi connectivity index (χ4v) is 2.65. The molecule has 1 aliphatic carbocycles. The highest BCUT2D eigenvalue weighted by atomic mass is 16.3. The predicted octanol–water partition coefficient (Wildman–Crippen LogP) is 2.78. The Bertz CT molecular complexity index is 386. The molecule has 1 heterocycles. The molecule has 0 aromatic carbocycles. The van der Waals surface area contributed by atoms with Crippen molar-refractivity contribution in [1.82, 2.24) is 4.57 Å². The van der Waals surface area contributed by atoms with E-state index in [4.69, 9.17) is 0 Å². The Kier molecular flexibility index (Phi) is 2.87.